The summed E-state index contributed by atoms with van der Waals surface area (Å²) < 4.78 is 0. The van der Waals surface area contributed by atoms with Crippen molar-refractivity contribution in [1.82, 2.24) is 4.90 Å². The average molecular weight is 253 g/mol. The largest absolute Gasteiger partial charge is 0.396 e. The number of nitrogens with zero attached hydrogens (tertiary/aromatic N) is 1. The molecule has 2 aliphatic rings. The van der Waals surface area contributed by atoms with Gasteiger partial charge in [0.25, 0.3) is 0 Å². The molecular weight excluding hydrogens is 230 g/mol. The van der Waals surface area contributed by atoms with Crippen molar-refractivity contribution in [2.75, 3.05) is 13.2 Å². The number of hydrogen-bond acceptors (Lipinski definition) is 3. The van der Waals surface area contributed by atoms with E-state index in [0.29, 0.717) is 25.3 Å². The maximum atomic E-state index is 11.9. The van der Waals surface area contributed by atoms with E-state index in [1.165, 1.54) is 4.90 Å². The fourth-order valence-corrected chi connectivity index (χ4v) is 3.16. The third-order valence-electron chi connectivity index (χ3n) is 4.35. The molecule has 0 aromatic rings. The molecule has 1 aliphatic heterocycles. The van der Waals surface area contributed by atoms with E-state index in [9.17, 15) is 14.7 Å². The smallest absolute Gasteiger partial charge is 0.229 e. The van der Waals surface area contributed by atoms with Crippen LogP contribution in [-0.2, 0) is 9.59 Å². The summed E-state index contributed by atoms with van der Waals surface area (Å²) in [6.45, 7) is 0.712. The molecule has 1 saturated heterocycles. The Morgan fingerprint density at radius 3 is 2.06 bits per heavy atom. The Balaban J connectivity index is 2.00. The Morgan fingerprint density at radius 2 is 1.50 bits per heavy atom. The van der Waals surface area contributed by atoms with Crippen molar-refractivity contribution < 1.29 is 14.7 Å². The average Bonchev–Trinajstić information content (AvgIpc) is 2.54. The van der Waals surface area contributed by atoms with Crippen molar-refractivity contribution >= 4 is 11.8 Å². The van der Waals surface area contributed by atoms with Gasteiger partial charge in [-0.25, -0.2) is 0 Å². The summed E-state index contributed by atoms with van der Waals surface area (Å²) in [4.78, 5) is 25.3. The molecule has 1 heterocycles. The molecule has 0 spiro atoms. The van der Waals surface area contributed by atoms with Crippen LogP contribution in [0.25, 0.3) is 0 Å². The van der Waals surface area contributed by atoms with Crippen molar-refractivity contribution in [2.24, 2.45) is 11.8 Å². The molecule has 0 aromatic carbocycles. The Hall–Kier alpha value is -0.900. The maximum absolute atomic E-state index is 11.9. The lowest BCUT2D eigenvalue weighted by Crippen LogP contribution is -2.42. The number of carbonyl (C=O) groups is 2. The van der Waals surface area contributed by atoms with Crippen molar-refractivity contribution in [3.8, 4) is 0 Å². The fraction of sp³-hybridized carbons (Fsp3) is 0.857. The summed E-state index contributed by atoms with van der Waals surface area (Å²) in [5, 5.41) is 9.39. The van der Waals surface area contributed by atoms with Crippen LogP contribution in [0.4, 0.5) is 0 Å². The molecule has 0 radical (unpaired) electrons. The first-order valence-electron chi connectivity index (χ1n) is 7.16. The Kier molecular flexibility index (Phi) is 4.75. The van der Waals surface area contributed by atoms with Gasteiger partial charge in [-0.3, -0.25) is 14.5 Å². The molecule has 0 aromatic heterocycles. The lowest BCUT2D eigenvalue weighted by atomic mass is 9.79. The molecule has 1 N–H and O–H groups in total. The molecule has 1 saturated carbocycles. The van der Waals surface area contributed by atoms with Crippen LogP contribution in [0.5, 0.6) is 0 Å². The molecule has 1 aliphatic carbocycles. The highest BCUT2D eigenvalue weighted by atomic mass is 16.3. The highest BCUT2D eigenvalue weighted by Crippen LogP contribution is 2.31. The second-order valence-corrected chi connectivity index (χ2v) is 5.59. The molecule has 2 fully saturated rings. The zero-order chi connectivity index (χ0) is 13.0. The number of rotatable bonds is 3. The van der Waals surface area contributed by atoms with Crippen LogP contribution in [0.2, 0.25) is 0 Å². The standard InChI is InChI=1S/C14H23NO3/c16-10-12-6-2-1-5-11(12)9-15-13(17)7-3-4-8-14(15)18/h11-12,16H,1-10H2. The predicted molar refractivity (Wildman–Crippen MR) is 67.7 cm³/mol. The summed E-state index contributed by atoms with van der Waals surface area (Å²) in [7, 11) is 0. The number of hydrogen-bond donors (Lipinski definition) is 1. The monoisotopic (exact) mass is 253 g/mol. The van der Waals surface area contributed by atoms with Gasteiger partial charge in [0, 0.05) is 26.0 Å². The number of carbonyl (C=O) groups excluding carboxylic acids is 2. The summed E-state index contributed by atoms with van der Waals surface area (Å²) in [5.41, 5.74) is 0. The van der Waals surface area contributed by atoms with Gasteiger partial charge in [0.2, 0.25) is 11.8 Å². The first-order valence-corrected chi connectivity index (χ1v) is 7.16. The van der Waals surface area contributed by atoms with E-state index in [1.54, 1.807) is 0 Å². The summed E-state index contributed by atoms with van der Waals surface area (Å²) in [6.07, 6.45) is 7.02. The van der Waals surface area contributed by atoms with Crippen LogP contribution >= 0.6 is 0 Å². The SMILES string of the molecule is O=C1CCCCC(=O)N1CC1CCCCC1CO. The van der Waals surface area contributed by atoms with Crippen LogP contribution in [0, 0.1) is 11.8 Å². The summed E-state index contributed by atoms with van der Waals surface area (Å²) >= 11 is 0. The highest BCUT2D eigenvalue weighted by molar-refractivity contribution is 5.96. The lowest BCUT2D eigenvalue weighted by Gasteiger charge is -2.33. The van der Waals surface area contributed by atoms with Gasteiger partial charge in [0.05, 0.1) is 0 Å². The summed E-state index contributed by atoms with van der Waals surface area (Å²) in [5.74, 6) is 0.539. The topological polar surface area (TPSA) is 57.6 Å². The zero-order valence-corrected chi connectivity index (χ0v) is 10.9. The van der Waals surface area contributed by atoms with Gasteiger partial charge in [-0.15, -0.1) is 0 Å². The number of amides is 2. The lowest BCUT2D eigenvalue weighted by molar-refractivity contribution is -0.145. The quantitative estimate of drug-likeness (QED) is 0.779. The van der Waals surface area contributed by atoms with E-state index in [-0.39, 0.29) is 24.3 Å². The first kappa shape index (κ1) is 13.5. The Labute approximate surface area is 108 Å². The van der Waals surface area contributed by atoms with E-state index < -0.39 is 0 Å². The highest BCUT2D eigenvalue weighted by Gasteiger charge is 2.31. The zero-order valence-electron chi connectivity index (χ0n) is 10.9. The molecule has 2 rings (SSSR count). The molecule has 2 atom stereocenters. The second kappa shape index (κ2) is 6.32. The first-order chi connectivity index (χ1) is 8.72. The van der Waals surface area contributed by atoms with E-state index in [2.05, 4.69) is 0 Å². The molecule has 4 nitrogen and oxygen atoms in total. The van der Waals surface area contributed by atoms with E-state index in [0.717, 1.165) is 38.5 Å². The van der Waals surface area contributed by atoms with E-state index in [1.807, 2.05) is 0 Å². The number of imide groups is 1. The summed E-state index contributed by atoms with van der Waals surface area (Å²) in [6, 6.07) is 0. The fourth-order valence-electron chi connectivity index (χ4n) is 3.16. The minimum atomic E-state index is -0.0141. The molecule has 0 bridgehead atoms. The van der Waals surface area contributed by atoms with Crippen molar-refractivity contribution in [1.29, 1.82) is 0 Å². The molecular formula is C14H23NO3. The number of likely N-dealkylation sites (tertiary alicyclic amines) is 1. The van der Waals surface area contributed by atoms with Crippen molar-refractivity contribution in [2.45, 2.75) is 51.4 Å². The van der Waals surface area contributed by atoms with Crippen molar-refractivity contribution in [3.05, 3.63) is 0 Å². The predicted octanol–water partition coefficient (Wildman–Crippen LogP) is 1.71. The van der Waals surface area contributed by atoms with Crippen LogP contribution in [0.15, 0.2) is 0 Å². The van der Waals surface area contributed by atoms with Gasteiger partial charge in [-0.05, 0) is 37.5 Å². The Morgan fingerprint density at radius 1 is 0.944 bits per heavy atom. The second-order valence-electron chi connectivity index (χ2n) is 5.59. The van der Waals surface area contributed by atoms with Gasteiger partial charge in [0.1, 0.15) is 0 Å². The van der Waals surface area contributed by atoms with Gasteiger partial charge >= 0.3 is 0 Å². The molecule has 4 heteroatoms. The van der Waals surface area contributed by atoms with Gasteiger partial charge in [-0.2, -0.15) is 0 Å². The number of aliphatic hydroxyl groups excluding tert-OH is 1. The van der Waals surface area contributed by atoms with Gasteiger partial charge < -0.3 is 5.11 Å². The van der Waals surface area contributed by atoms with E-state index >= 15 is 0 Å². The molecule has 102 valence electrons. The van der Waals surface area contributed by atoms with Crippen LogP contribution in [0.1, 0.15) is 51.4 Å². The maximum Gasteiger partial charge on any atom is 0.229 e. The van der Waals surface area contributed by atoms with Crippen LogP contribution < -0.4 is 0 Å². The molecule has 18 heavy (non-hydrogen) atoms. The van der Waals surface area contributed by atoms with Gasteiger partial charge in [0.15, 0.2) is 0 Å². The molecule has 2 amide bonds. The van der Waals surface area contributed by atoms with E-state index in [4.69, 9.17) is 0 Å². The molecule has 2 unspecified atom stereocenters. The third kappa shape index (κ3) is 3.10. The number of aliphatic hydroxyl groups is 1. The van der Waals surface area contributed by atoms with Crippen molar-refractivity contribution in [3.63, 3.8) is 0 Å². The normalized spacial score (nSPS) is 30.4. The Bertz CT molecular complexity index is 298. The minimum absolute atomic E-state index is 0.0141. The van der Waals surface area contributed by atoms with Crippen LogP contribution in [0.3, 0.4) is 0 Å². The van der Waals surface area contributed by atoms with Crippen LogP contribution in [-0.4, -0.2) is 35.0 Å². The third-order valence-corrected chi connectivity index (χ3v) is 4.35. The minimum Gasteiger partial charge on any atom is -0.396 e. The van der Waals surface area contributed by atoms with Gasteiger partial charge in [-0.1, -0.05) is 12.8 Å².